The summed E-state index contributed by atoms with van der Waals surface area (Å²) in [7, 11) is 0. The van der Waals surface area contributed by atoms with E-state index in [1.165, 1.54) is 26.7 Å². The summed E-state index contributed by atoms with van der Waals surface area (Å²) in [5.41, 5.74) is 1.15. The first-order valence-corrected chi connectivity index (χ1v) is 7.89. The molecule has 0 spiro atoms. The molecular weight excluding hydrogens is 296 g/mol. The lowest BCUT2D eigenvalue weighted by Gasteiger charge is -2.29. The predicted octanol–water partition coefficient (Wildman–Crippen LogP) is 2.31. The number of carbonyl (C=O) groups is 2. The molecule has 0 aromatic rings. The molecule has 5 heteroatoms. The van der Waals surface area contributed by atoms with Gasteiger partial charge in [-0.25, -0.2) is 0 Å². The first kappa shape index (κ1) is 17.3. The van der Waals surface area contributed by atoms with Crippen LogP contribution in [-0.2, 0) is 23.8 Å². The highest BCUT2D eigenvalue weighted by molar-refractivity contribution is 5.67. The van der Waals surface area contributed by atoms with Gasteiger partial charge in [-0.2, -0.15) is 0 Å². The zero-order valence-electron chi connectivity index (χ0n) is 13.5. The molecular formula is C18H22O5. The van der Waals surface area contributed by atoms with Gasteiger partial charge in [0.2, 0.25) is 0 Å². The average molecular weight is 318 g/mol. The van der Waals surface area contributed by atoms with Crippen LogP contribution in [0, 0.1) is 11.8 Å². The highest BCUT2D eigenvalue weighted by Crippen LogP contribution is 2.19. The maximum absolute atomic E-state index is 11.2. The zero-order chi connectivity index (χ0) is 16.7. The monoisotopic (exact) mass is 318 g/mol. The Balaban J connectivity index is 2.02. The van der Waals surface area contributed by atoms with Crippen LogP contribution in [0.3, 0.4) is 0 Å². The summed E-state index contributed by atoms with van der Waals surface area (Å²) in [5, 5.41) is 0. The SMILES string of the molecule is CC(=O)OC[C@H]1O[C@H](C#CC2=CCCCC2)C=C[C@@H]1OC(C)=O. The van der Waals surface area contributed by atoms with Gasteiger partial charge in [-0.15, -0.1) is 0 Å². The summed E-state index contributed by atoms with van der Waals surface area (Å²) in [5.74, 6) is 5.41. The number of carbonyl (C=O) groups excluding carboxylic acids is 2. The molecule has 0 amide bonds. The second kappa shape index (κ2) is 8.54. The largest absolute Gasteiger partial charge is 0.463 e. The Morgan fingerprint density at radius 2 is 2.09 bits per heavy atom. The van der Waals surface area contributed by atoms with E-state index in [1.807, 2.05) is 0 Å². The molecule has 1 aliphatic carbocycles. The maximum Gasteiger partial charge on any atom is 0.303 e. The van der Waals surface area contributed by atoms with Crippen molar-refractivity contribution < 1.29 is 23.8 Å². The first-order valence-electron chi connectivity index (χ1n) is 7.89. The van der Waals surface area contributed by atoms with E-state index < -0.39 is 30.3 Å². The summed E-state index contributed by atoms with van der Waals surface area (Å²) >= 11 is 0. The van der Waals surface area contributed by atoms with Crippen molar-refractivity contribution in [1.29, 1.82) is 0 Å². The van der Waals surface area contributed by atoms with Gasteiger partial charge in [0.05, 0.1) is 0 Å². The summed E-state index contributed by atoms with van der Waals surface area (Å²) in [4.78, 5) is 22.1. The molecule has 0 N–H and O–H groups in total. The summed E-state index contributed by atoms with van der Waals surface area (Å²) < 4.78 is 16.0. The molecule has 0 radical (unpaired) electrons. The molecule has 23 heavy (non-hydrogen) atoms. The van der Waals surface area contributed by atoms with Gasteiger partial charge in [-0.3, -0.25) is 9.59 Å². The quantitative estimate of drug-likeness (QED) is 0.454. The van der Waals surface area contributed by atoms with E-state index in [0.29, 0.717) is 0 Å². The standard InChI is InChI=1S/C18H22O5/c1-13(19)21-12-18-17(22-14(2)20)11-10-16(23-18)9-8-15-6-4-3-5-7-15/h6,10-11,16-18H,3-5,7,12H2,1-2H3/t16-,17+,18-/m1/s1. The Bertz CT molecular complexity index is 564. The van der Waals surface area contributed by atoms with Crippen molar-refractivity contribution in [3.05, 3.63) is 23.8 Å². The van der Waals surface area contributed by atoms with Gasteiger partial charge in [-0.1, -0.05) is 17.9 Å². The van der Waals surface area contributed by atoms with Crippen molar-refractivity contribution in [2.24, 2.45) is 0 Å². The van der Waals surface area contributed by atoms with Gasteiger partial charge in [0.1, 0.15) is 24.9 Å². The van der Waals surface area contributed by atoms with E-state index in [4.69, 9.17) is 14.2 Å². The fourth-order valence-electron chi connectivity index (χ4n) is 2.48. The third-order valence-electron chi connectivity index (χ3n) is 3.58. The minimum absolute atomic E-state index is 0.0263. The normalized spacial score (nSPS) is 26.5. The molecule has 0 saturated carbocycles. The Labute approximate surface area is 136 Å². The van der Waals surface area contributed by atoms with Crippen LogP contribution in [-0.4, -0.2) is 36.9 Å². The summed E-state index contributed by atoms with van der Waals surface area (Å²) in [6.07, 6.45) is 8.65. The van der Waals surface area contributed by atoms with Crippen molar-refractivity contribution >= 4 is 11.9 Å². The highest BCUT2D eigenvalue weighted by atomic mass is 16.6. The number of hydrogen-bond donors (Lipinski definition) is 0. The van der Waals surface area contributed by atoms with E-state index in [1.54, 1.807) is 12.2 Å². The van der Waals surface area contributed by atoms with E-state index >= 15 is 0 Å². The number of hydrogen-bond acceptors (Lipinski definition) is 5. The van der Waals surface area contributed by atoms with Gasteiger partial charge < -0.3 is 14.2 Å². The fourth-order valence-corrected chi connectivity index (χ4v) is 2.48. The molecule has 0 saturated heterocycles. The van der Waals surface area contributed by atoms with E-state index in [9.17, 15) is 9.59 Å². The van der Waals surface area contributed by atoms with Crippen molar-refractivity contribution in [2.75, 3.05) is 6.61 Å². The van der Waals surface area contributed by atoms with Gasteiger partial charge in [0, 0.05) is 13.8 Å². The van der Waals surface area contributed by atoms with Gasteiger partial charge in [0.25, 0.3) is 0 Å². The van der Waals surface area contributed by atoms with Crippen LogP contribution >= 0.6 is 0 Å². The average Bonchev–Trinajstić information content (AvgIpc) is 2.53. The second-order valence-electron chi connectivity index (χ2n) is 5.60. The molecule has 124 valence electrons. The Kier molecular flexibility index (Phi) is 6.42. The smallest absolute Gasteiger partial charge is 0.303 e. The molecule has 2 aliphatic rings. The van der Waals surface area contributed by atoms with Gasteiger partial charge >= 0.3 is 11.9 Å². The van der Waals surface area contributed by atoms with E-state index in [-0.39, 0.29) is 6.61 Å². The van der Waals surface area contributed by atoms with Crippen LogP contribution < -0.4 is 0 Å². The van der Waals surface area contributed by atoms with Crippen LogP contribution in [0.1, 0.15) is 39.5 Å². The molecule has 0 bridgehead atoms. The van der Waals surface area contributed by atoms with Crippen molar-refractivity contribution in [1.82, 2.24) is 0 Å². The van der Waals surface area contributed by atoms with Crippen molar-refractivity contribution in [3.63, 3.8) is 0 Å². The molecule has 1 aliphatic heterocycles. The minimum atomic E-state index is -0.571. The molecule has 1 heterocycles. The van der Waals surface area contributed by atoms with E-state index in [0.717, 1.165) is 18.4 Å². The molecule has 0 fully saturated rings. The molecule has 5 nitrogen and oxygen atoms in total. The van der Waals surface area contributed by atoms with Crippen LogP contribution in [0.25, 0.3) is 0 Å². The molecule has 2 rings (SSSR count). The van der Waals surface area contributed by atoms with E-state index in [2.05, 4.69) is 17.9 Å². The number of esters is 2. The third-order valence-corrected chi connectivity index (χ3v) is 3.58. The van der Waals surface area contributed by atoms with Crippen molar-refractivity contribution in [3.8, 4) is 11.8 Å². The topological polar surface area (TPSA) is 61.8 Å². The molecule has 0 aromatic heterocycles. The zero-order valence-corrected chi connectivity index (χ0v) is 13.5. The van der Waals surface area contributed by atoms with Gasteiger partial charge in [-0.05, 0) is 43.4 Å². The minimum Gasteiger partial charge on any atom is -0.463 e. The Hall–Kier alpha value is -2.06. The highest BCUT2D eigenvalue weighted by Gasteiger charge is 2.30. The maximum atomic E-state index is 11.2. The lowest BCUT2D eigenvalue weighted by molar-refractivity contribution is -0.161. The lowest BCUT2D eigenvalue weighted by atomic mass is 10.00. The Morgan fingerprint density at radius 3 is 2.74 bits per heavy atom. The molecule has 3 atom stereocenters. The van der Waals surface area contributed by atoms with Gasteiger partial charge in [0.15, 0.2) is 0 Å². The second-order valence-corrected chi connectivity index (χ2v) is 5.60. The number of rotatable bonds is 3. The molecule has 0 aromatic carbocycles. The third kappa shape index (κ3) is 5.91. The van der Waals surface area contributed by atoms with Crippen LogP contribution in [0.2, 0.25) is 0 Å². The summed E-state index contributed by atoms with van der Waals surface area (Å²) in [6, 6.07) is 0. The van der Waals surface area contributed by atoms with Crippen molar-refractivity contribution in [2.45, 2.75) is 57.8 Å². The number of ether oxygens (including phenoxy) is 3. The summed E-state index contributed by atoms with van der Waals surface area (Å²) in [6.45, 7) is 2.68. The first-order chi connectivity index (χ1) is 11.0. The fraction of sp³-hybridized carbons (Fsp3) is 0.556. The van der Waals surface area contributed by atoms with Crippen LogP contribution in [0.15, 0.2) is 23.8 Å². The van der Waals surface area contributed by atoms with Crippen LogP contribution in [0.4, 0.5) is 0 Å². The predicted molar refractivity (Wildman–Crippen MR) is 84.3 cm³/mol. The Morgan fingerprint density at radius 1 is 1.26 bits per heavy atom. The van der Waals surface area contributed by atoms with Crippen LogP contribution in [0.5, 0.6) is 0 Å². The lowest BCUT2D eigenvalue weighted by Crippen LogP contribution is -2.41. The number of allylic oxidation sites excluding steroid dienone is 2. The molecule has 0 unspecified atom stereocenters.